The number of nitrogens with two attached hydrogens (primary N) is 1. The van der Waals surface area contributed by atoms with E-state index >= 15 is 0 Å². The molecule has 0 aliphatic carbocycles. The van der Waals surface area contributed by atoms with Crippen LogP contribution in [-0.2, 0) is 6.54 Å². The summed E-state index contributed by atoms with van der Waals surface area (Å²) in [5.41, 5.74) is 8.20. The molecule has 2 aromatic heterocycles. The van der Waals surface area contributed by atoms with E-state index in [2.05, 4.69) is 60.5 Å². The van der Waals surface area contributed by atoms with Crippen LogP contribution in [-0.4, -0.2) is 25.8 Å². The molecule has 5 nitrogen and oxygen atoms in total. The van der Waals surface area contributed by atoms with Gasteiger partial charge in [0.1, 0.15) is 15.9 Å². The molecular formula is C17H20BrN5S. The van der Waals surface area contributed by atoms with Gasteiger partial charge in [0.25, 0.3) is 0 Å². The van der Waals surface area contributed by atoms with Crippen LogP contribution < -0.4 is 5.73 Å². The number of hydrogen-bond acceptors (Lipinski definition) is 4. The van der Waals surface area contributed by atoms with Gasteiger partial charge in [-0.1, -0.05) is 30.3 Å². The fourth-order valence-corrected chi connectivity index (χ4v) is 3.98. The van der Waals surface area contributed by atoms with Crippen molar-refractivity contribution in [3.63, 3.8) is 0 Å². The Kier molecular flexibility index (Phi) is 5.12. The van der Waals surface area contributed by atoms with Crippen molar-refractivity contribution in [2.24, 2.45) is 0 Å². The number of nitrogen functional groups attached to an aromatic ring is 1. The number of halogens is 1. The second-order valence-corrected chi connectivity index (χ2v) is 6.66. The van der Waals surface area contributed by atoms with Crippen molar-refractivity contribution in [2.75, 3.05) is 12.3 Å². The van der Waals surface area contributed by atoms with E-state index < -0.39 is 0 Å². The number of rotatable bonds is 3. The Morgan fingerprint density at radius 3 is 2.83 bits per heavy atom. The highest BCUT2D eigenvalue weighted by molar-refractivity contribution is 9.10. The topological polar surface area (TPSA) is 59.4 Å². The predicted molar refractivity (Wildman–Crippen MR) is 104 cm³/mol. The minimum Gasteiger partial charge on any atom is -0.382 e. The largest absolute Gasteiger partial charge is 0.382 e. The molecular weight excluding hydrogens is 386 g/mol. The van der Waals surface area contributed by atoms with Crippen molar-refractivity contribution in [3.8, 4) is 0 Å². The van der Waals surface area contributed by atoms with Gasteiger partial charge in [0, 0.05) is 18.9 Å². The number of aromatic nitrogens is 3. The molecule has 1 atom stereocenters. The van der Waals surface area contributed by atoms with E-state index in [0.29, 0.717) is 11.9 Å². The molecule has 126 valence electrons. The average Bonchev–Trinajstić information content (AvgIpc) is 3.13. The molecule has 0 radical (unpaired) electrons. The molecule has 0 amide bonds. The van der Waals surface area contributed by atoms with E-state index in [0.717, 1.165) is 35.5 Å². The van der Waals surface area contributed by atoms with Gasteiger partial charge in [-0.05, 0) is 40.9 Å². The van der Waals surface area contributed by atoms with E-state index in [1.54, 1.807) is 6.20 Å². The van der Waals surface area contributed by atoms with Crippen LogP contribution in [0.3, 0.4) is 0 Å². The Balaban J connectivity index is 0.00000169. The third-order valence-corrected chi connectivity index (χ3v) is 5.01. The summed E-state index contributed by atoms with van der Waals surface area (Å²) in [4.78, 5) is 11.4. The monoisotopic (exact) mass is 405 g/mol. The van der Waals surface area contributed by atoms with Crippen molar-refractivity contribution >= 4 is 40.8 Å². The molecule has 1 fully saturated rings. The normalized spacial score (nSPS) is 18.0. The van der Waals surface area contributed by atoms with Crippen LogP contribution in [0, 0.1) is 0 Å². The van der Waals surface area contributed by atoms with E-state index in [4.69, 9.17) is 10.7 Å². The first-order chi connectivity index (χ1) is 11.2. The molecule has 2 N–H and O–H groups in total. The summed E-state index contributed by atoms with van der Waals surface area (Å²) in [6, 6.07) is 10.9. The van der Waals surface area contributed by atoms with E-state index in [9.17, 15) is 0 Å². The van der Waals surface area contributed by atoms with Gasteiger partial charge in [0.05, 0.1) is 6.04 Å². The Labute approximate surface area is 156 Å². The van der Waals surface area contributed by atoms with E-state index in [1.165, 1.54) is 12.0 Å². The Morgan fingerprint density at radius 1 is 1.25 bits per heavy atom. The molecule has 1 aliphatic heterocycles. The third kappa shape index (κ3) is 3.03. The lowest BCUT2D eigenvalue weighted by Gasteiger charge is -2.23. The number of hydrogen-bond donors (Lipinski definition) is 1. The van der Waals surface area contributed by atoms with Gasteiger partial charge < -0.3 is 5.73 Å². The lowest BCUT2D eigenvalue weighted by molar-refractivity contribution is 0.239. The van der Waals surface area contributed by atoms with Crippen molar-refractivity contribution in [3.05, 3.63) is 58.7 Å². The molecule has 4 rings (SSSR count). The summed E-state index contributed by atoms with van der Waals surface area (Å²) < 4.78 is 2.84. The van der Waals surface area contributed by atoms with Crippen molar-refractivity contribution < 1.29 is 0 Å². The van der Waals surface area contributed by atoms with Crippen LogP contribution in [0.15, 0.2) is 47.3 Å². The lowest BCUT2D eigenvalue weighted by Crippen LogP contribution is -2.24. The van der Waals surface area contributed by atoms with Gasteiger partial charge >= 0.3 is 0 Å². The average molecular weight is 406 g/mol. The molecule has 24 heavy (non-hydrogen) atoms. The Bertz CT molecular complexity index is 836. The van der Waals surface area contributed by atoms with E-state index in [-0.39, 0.29) is 13.5 Å². The third-order valence-electron chi connectivity index (χ3n) is 4.46. The zero-order chi connectivity index (χ0) is 15.8. The number of nitrogens with zero attached hydrogens (tertiary/aromatic N) is 4. The van der Waals surface area contributed by atoms with Crippen molar-refractivity contribution in [1.82, 2.24) is 19.3 Å². The fraction of sp³-hybridized carbons (Fsp3) is 0.294. The van der Waals surface area contributed by atoms with Crippen molar-refractivity contribution in [2.45, 2.75) is 25.4 Å². The van der Waals surface area contributed by atoms with Gasteiger partial charge in [0.2, 0.25) is 0 Å². The molecule has 7 heteroatoms. The molecule has 1 aromatic carbocycles. The van der Waals surface area contributed by atoms with Gasteiger partial charge in [-0.3, -0.25) is 9.30 Å². The van der Waals surface area contributed by atoms with Crippen LogP contribution in [0.4, 0.5) is 5.82 Å². The first-order valence-electron chi connectivity index (χ1n) is 7.80. The number of imidazole rings is 1. The zero-order valence-corrected chi connectivity index (χ0v) is 15.8. The summed E-state index contributed by atoms with van der Waals surface area (Å²) >= 11 is 3.53. The number of likely N-dealkylation sites (tertiary alicyclic amines) is 1. The summed E-state index contributed by atoms with van der Waals surface area (Å²) in [6.07, 6.45) is 5.97. The molecule has 3 aromatic rings. The molecule has 0 spiro atoms. The molecule has 1 saturated heterocycles. The SMILES string of the molecule is Nc1nccn2c([C@@H]3CCCN3Cc3ccccc3)nc(Br)c12.S. The standard InChI is InChI=1S/C17H18BrN5.H2S/c18-15-14-16(19)20-8-10-23(14)17(21-15)13-7-4-9-22(13)11-12-5-2-1-3-6-12;/h1-3,5-6,8,10,13H,4,7,9,11H2,(H2,19,20);1H2/t13-;/m0./s1. The van der Waals surface area contributed by atoms with Crippen LogP contribution in [0.2, 0.25) is 0 Å². The minimum absolute atomic E-state index is 0. The number of fused-ring (bicyclic) bond motifs is 1. The Hall–Kier alpha value is -1.57. The summed E-state index contributed by atoms with van der Waals surface area (Å²) in [5.74, 6) is 1.54. The second kappa shape index (κ2) is 7.13. The maximum atomic E-state index is 6.01. The van der Waals surface area contributed by atoms with Crippen LogP contribution in [0.5, 0.6) is 0 Å². The summed E-state index contributed by atoms with van der Waals surface area (Å²) in [6.45, 7) is 2.03. The quantitative estimate of drug-likeness (QED) is 0.723. The van der Waals surface area contributed by atoms with Crippen LogP contribution in [0.1, 0.15) is 30.3 Å². The molecule has 3 heterocycles. The zero-order valence-electron chi connectivity index (χ0n) is 13.2. The van der Waals surface area contributed by atoms with Crippen LogP contribution >= 0.6 is 29.4 Å². The minimum atomic E-state index is 0. The smallest absolute Gasteiger partial charge is 0.150 e. The van der Waals surface area contributed by atoms with Gasteiger partial charge in [-0.15, -0.1) is 0 Å². The highest BCUT2D eigenvalue weighted by atomic mass is 79.9. The first-order valence-corrected chi connectivity index (χ1v) is 8.59. The fourth-order valence-electron chi connectivity index (χ4n) is 3.40. The van der Waals surface area contributed by atoms with Gasteiger partial charge in [-0.25, -0.2) is 9.97 Å². The van der Waals surface area contributed by atoms with Gasteiger partial charge in [0.15, 0.2) is 5.82 Å². The molecule has 1 aliphatic rings. The first kappa shape index (κ1) is 17.3. The molecule has 0 bridgehead atoms. The second-order valence-electron chi connectivity index (χ2n) is 5.91. The van der Waals surface area contributed by atoms with Crippen LogP contribution in [0.25, 0.3) is 5.52 Å². The summed E-state index contributed by atoms with van der Waals surface area (Å²) in [7, 11) is 0. The maximum Gasteiger partial charge on any atom is 0.150 e. The van der Waals surface area contributed by atoms with Gasteiger partial charge in [-0.2, -0.15) is 13.5 Å². The maximum absolute atomic E-state index is 6.01. The molecule has 0 saturated carbocycles. The lowest BCUT2D eigenvalue weighted by atomic mass is 10.1. The number of benzene rings is 1. The number of anilines is 1. The highest BCUT2D eigenvalue weighted by Gasteiger charge is 2.30. The highest BCUT2D eigenvalue weighted by Crippen LogP contribution is 2.35. The molecule has 0 unspecified atom stereocenters. The predicted octanol–water partition coefficient (Wildman–Crippen LogP) is 3.52. The van der Waals surface area contributed by atoms with E-state index in [1.807, 2.05) is 6.20 Å². The van der Waals surface area contributed by atoms with Crippen molar-refractivity contribution in [1.29, 1.82) is 0 Å². The summed E-state index contributed by atoms with van der Waals surface area (Å²) in [5, 5.41) is 0. The Morgan fingerprint density at radius 2 is 2.04 bits per heavy atom.